The molecule has 0 radical (unpaired) electrons. The van der Waals surface area contributed by atoms with Crippen molar-refractivity contribution < 1.29 is 14.6 Å². The molecule has 1 N–H and O–H groups in total. The smallest absolute Gasteiger partial charge is 0.232 e. The number of Topliss-reactive ketones (excluding diaryl/α,β-unsaturated/α-hetero) is 1. The first-order valence-corrected chi connectivity index (χ1v) is 9.23. The number of ether oxygens (including phenoxy) is 1. The van der Waals surface area contributed by atoms with Crippen LogP contribution in [0.25, 0.3) is 6.08 Å². The molecular formula is C19H20N2O3S. The molecule has 0 saturated carbocycles. The molecular weight excluding hydrogens is 336 g/mol. The summed E-state index contributed by atoms with van der Waals surface area (Å²) in [4.78, 5) is 18.2. The Morgan fingerprint density at radius 1 is 1.24 bits per heavy atom. The zero-order valence-corrected chi connectivity index (χ0v) is 14.9. The van der Waals surface area contributed by atoms with E-state index in [0.29, 0.717) is 29.2 Å². The van der Waals surface area contributed by atoms with Gasteiger partial charge in [-0.3, -0.25) is 9.69 Å². The second-order valence-electron chi connectivity index (χ2n) is 6.47. The second-order valence-corrected chi connectivity index (χ2v) is 7.45. The number of phenols is 1. The van der Waals surface area contributed by atoms with E-state index < -0.39 is 0 Å². The molecule has 0 aliphatic carbocycles. The molecule has 0 atom stereocenters. The van der Waals surface area contributed by atoms with Crippen LogP contribution < -0.4 is 4.74 Å². The number of piperazine rings is 1. The topological polar surface area (TPSA) is 53.0 Å². The van der Waals surface area contributed by atoms with Crippen molar-refractivity contribution in [1.29, 1.82) is 0 Å². The van der Waals surface area contributed by atoms with Crippen molar-refractivity contribution in [2.45, 2.75) is 6.54 Å². The predicted molar refractivity (Wildman–Crippen MR) is 98.1 cm³/mol. The number of hydrogen-bond donors (Lipinski definition) is 1. The van der Waals surface area contributed by atoms with Gasteiger partial charge >= 0.3 is 0 Å². The summed E-state index contributed by atoms with van der Waals surface area (Å²) in [7, 11) is 2.11. The SMILES string of the molecule is CN1CCN(Cc2c(O)ccc3c2OC(=Cc2cccs2)C3=O)CC1. The van der Waals surface area contributed by atoms with Crippen molar-refractivity contribution in [2.75, 3.05) is 33.2 Å². The van der Waals surface area contributed by atoms with Crippen molar-refractivity contribution in [3.8, 4) is 11.5 Å². The first kappa shape index (κ1) is 16.3. The molecule has 1 aromatic heterocycles. The Kier molecular flexibility index (Phi) is 4.33. The average molecular weight is 356 g/mol. The van der Waals surface area contributed by atoms with Crippen LogP contribution in [0.4, 0.5) is 0 Å². The van der Waals surface area contributed by atoms with E-state index in [1.807, 2.05) is 17.5 Å². The Bertz CT molecular complexity index is 821. The fourth-order valence-electron chi connectivity index (χ4n) is 3.18. The fourth-order valence-corrected chi connectivity index (χ4v) is 3.83. The van der Waals surface area contributed by atoms with Gasteiger partial charge in [0.05, 0.1) is 11.1 Å². The molecule has 2 aromatic rings. The first-order chi connectivity index (χ1) is 12.1. The van der Waals surface area contributed by atoms with Gasteiger partial charge < -0.3 is 14.7 Å². The molecule has 4 rings (SSSR count). The maximum absolute atomic E-state index is 12.6. The summed E-state index contributed by atoms with van der Waals surface area (Å²) >= 11 is 1.56. The van der Waals surface area contributed by atoms with Gasteiger partial charge in [0.1, 0.15) is 11.5 Å². The maximum atomic E-state index is 12.6. The predicted octanol–water partition coefficient (Wildman–Crippen LogP) is 2.82. The largest absolute Gasteiger partial charge is 0.507 e. The van der Waals surface area contributed by atoms with Crippen LogP contribution in [0.5, 0.6) is 11.5 Å². The van der Waals surface area contributed by atoms with Gasteiger partial charge in [-0.15, -0.1) is 11.3 Å². The summed E-state index contributed by atoms with van der Waals surface area (Å²) in [5.74, 6) is 0.889. The Hall–Kier alpha value is -2.15. The highest BCUT2D eigenvalue weighted by atomic mass is 32.1. The molecule has 6 heteroatoms. The highest BCUT2D eigenvalue weighted by molar-refractivity contribution is 7.10. The number of thiophene rings is 1. The summed E-state index contributed by atoms with van der Waals surface area (Å²) in [5, 5.41) is 12.3. The van der Waals surface area contributed by atoms with E-state index >= 15 is 0 Å². The third-order valence-electron chi connectivity index (χ3n) is 4.71. The zero-order valence-electron chi connectivity index (χ0n) is 14.1. The highest BCUT2D eigenvalue weighted by Crippen LogP contribution is 2.40. The van der Waals surface area contributed by atoms with Gasteiger partial charge in [0.25, 0.3) is 0 Å². The molecule has 5 nitrogen and oxygen atoms in total. The number of benzene rings is 1. The number of hydrogen-bond acceptors (Lipinski definition) is 6. The lowest BCUT2D eigenvalue weighted by molar-refractivity contribution is 0.101. The summed E-state index contributed by atoms with van der Waals surface area (Å²) in [6.45, 7) is 4.46. The molecule has 2 aliphatic rings. The highest BCUT2D eigenvalue weighted by Gasteiger charge is 2.32. The summed E-state index contributed by atoms with van der Waals surface area (Å²) < 4.78 is 5.89. The van der Waals surface area contributed by atoms with Crippen molar-refractivity contribution in [3.05, 3.63) is 51.4 Å². The van der Waals surface area contributed by atoms with E-state index in [1.165, 1.54) is 0 Å². The molecule has 130 valence electrons. The van der Waals surface area contributed by atoms with Crippen molar-refractivity contribution in [3.63, 3.8) is 0 Å². The number of nitrogens with zero attached hydrogens (tertiary/aromatic N) is 2. The standard InChI is InChI=1S/C19H20N2O3S/c1-20-6-8-21(9-7-20)12-15-16(22)5-4-14-18(23)17(24-19(14)15)11-13-3-2-10-25-13/h2-5,10-11,22H,6-9,12H2,1H3. The van der Waals surface area contributed by atoms with Gasteiger partial charge in [0, 0.05) is 43.7 Å². The van der Waals surface area contributed by atoms with Crippen LogP contribution in [-0.2, 0) is 6.54 Å². The quantitative estimate of drug-likeness (QED) is 0.857. The van der Waals surface area contributed by atoms with Crippen LogP contribution >= 0.6 is 11.3 Å². The van der Waals surface area contributed by atoms with E-state index in [4.69, 9.17) is 4.74 Å². The van der Waals surface area contributed by atoms with Crippen LogP contribution in [0.2, 0.25) is 0 Å². The van der Waals surface area contributed by atoms with Crippen molar-refractivity contribution in [2.24, 2.45) is 0 Å². The summed E-state index contributed by atoms with van der Waals surface area (Å²) in [6, 6.07) is 7.13. The summed E-state index contributed by atoms with van der Waals surface area (Å²) in [6.07, 6.45) is 1.77. The lowest BCUT2D eigenvalue weighted by atomic mass is 10.0. The third kappa shape index (κ3) is 3.20. The fraction of sp³-hybridized carbons (Fsp3) is 0.316. The minimum Gasteiger partial charge on any atom is -0.507 e. The van der Waals surface area contributed by atoms with Gasteiger partial charge in [-0.1, -0.05) is 6.07 Å². The Balaban J connectivity index is 1.62. The molecule has 0 amide bonds. The number of phenolic OH excluding ortho intramolecular Hbond substituents is 1. The maximum Gasteiger partial charge on any atom is 0.232 e. The summed E-state index contributed by atoms with van der Waals surface area (Å²) in [5.41, 5.74) is 1.23. The van der Waals surface area contributed by atoms with Gasteiger partial charge in [-0.2, -0.15) is 0 Å². The Labute approximate surface area is 150 Å². The number of likely N-dealkylation sites (N-methyl/N-ethyl adjacent to an activating group) is 1. The van der Waals surface area contributed by atoms with Crippen LogP contribution in [0.15, 0.2) is 35.4 Å². The number of allylic oxidation sites excluding steroid dienone is 1. The van der Waals surface area contributed by atoms with E-state index in [-0.39, 0.29) is 11.5 Å². The van der Waals surface area contributed by atoms with E-state index in [0.717, 1.165) is 31.1 Å². The molecule has 1 aromatic carbocycles. The van der Waals surface area contributed by atoms with Gasteiger partial charge in [0.2, 0.25) is 5.78 Å². The third-order valence-corrected chi connectivity index (χ3v) is 5.53. The number of ketones is 1. The molecule has 1 saturated heterocycles. The van der Waals surface area contributed by atoms with Crippen LogP contribution in [0.1, 0.15) is 20.8 Å². The van der Waals surface area contributed by atoms with Crippen molar-refractivity contribution >= 4 is 23.2 Å². The number of carbonyl (C=O) groups excluding carboxylic acids is 1. The molecule has 0 unspecified atom stereocenters. The number of carbonyl (C=O) groups is 1. The molecule has 1 fully saturated rings. The van der Waals surface area contributed by atoms with E-state index in [9.17, 15) is 9.90 Å². The molecule has 2 aliphatic heterocycles. The Morgan fingerprint density at radius 3 is 2.76 bits per heavy atom. The van der Waals surface area contributed by atoms with E-state index in [2.05, 4.69) is 16.8 Å². The number of aromatic hydroxyl groups is 1. The monoisotopic (exact) mass is 356 g/mol. The van der Waals surface area contributed by atoms with Crippen LogP contribution in [-0.4, -0.2) is 53.9 Å². The molecule has 0 bridgehead atoms. The lowest BCUT2D eigenvalue weighted by Crippen LogP contribution is -2.43. The minimum absolute atomic E-state index is 0.122. The number of rotatable bonds is 3. The van der Waals surface area contributed by atoms with Gasteiger partial charge in [-0.25, -0.2) is 0 Å². The molecule has 25 heavy (non-hydrogen) atoms. The second kappa shape index (κ2) is 6.63. The Morgan fingerprint density at radius 2 is 2.04 bits per heavy atom. The normalized spacial score (nSPS) is 20.0. The van der Waals surface area contributed by atoms with Crippen LogP contribution in [0, 0.1) is 0 Å². The molecule has 3 heterocycles. The lowest BCUT2D eigenvalue weighted by Gasteiger charge is -2.32. The van der Waals surface area contributed by atoms with E-state index in [1.54, 1.807) is 29.5 Å². The van der Waals surface area contributed by atoms with Gasteiger partial charge in [-0.05, 0) is 30.6 Å². The minimum atomic E-state index is -0.122. The van der Waals surface area contributed by atoms with Crippen molar-refractivity contribution in [1.82, 2.24) is 9.80 Å². The average Bonchev–Trinajstić information content (AvgIpc) is 3.22. The van der Waals surface area contributed by atoms with Crippen LogP contribution in [0.3, 0.4) is 0 Å². The molecule has 0 spiro atoms. The zero-order chi connectivity index (χ0) is 17.4. The first-order valence-electron chi connectivity index (χ1n) is 8.35. The van der Waals surface area contributed by atoms with Gasteiger partial charge in [0.15, 0.2) is 5.76 Å². The number of fused-ring (bicyclic) bond motifs is 1.